The van der Waals surface area contributed by atoms with Gasteiger partial charge in [-0.3, -0.25) is 0 Å². The Morgan fingerprint density at radius 3 is 2.00 bits per heavy atom. The van der Waals surface area contributed by atoms with Crippen LogP contribution >= 0.6 is 0 Å². The number of carbonyl (C=O) groups excluding carboxylic acids is 2. The van der Waals surface area contributed by atoms with Crippen molar-refractivity contribution in [2.75, 3.05) is 0 Å². The van der Waals surface area contributed by atoms with Crippen LogP contribution in [0.3, 0.4) is 0 Å². The van der Waals surface area contributed by atoms with Crippen LogP contribution in [0, 0.1) is 0 Å². The minimum Gasteiger partial charge on any atom is -0.211 e. The number of aryl methyl sites for hydroxylation is 1. The van der Waals surface area contributed by atoms with Gasteiger partial charge in [-0.25, -0.2) is 9.59 Å². The fourth-order valence-corrected chi connectivity index (χ4v) is 1.36. The second-order valence-electron chi connectivity index (χ2n) is 3.30. The normalized spacial score (nSPS) is 11.1. The van der Waals surface area contributed by atoms with E-state index in [-0.39, 0.29) is 0 Å². The molecular weight excluding hydrogens is 204 g/mol. The first-order valence-electron chi connectivity index (χ1n) is 5.02. The molecule has 0 N–H and O–H groups in total. The van der Waals surface area contributed by atoms with E-state index in [1.165, 1.54) is 17.7 Å². The Labute approximate surface area is 93.7 Å². The number of hydrogen-bond acceptors (Lipinski definition) is 4. The Balaban J connectivity index is 2.76. The van der Waals surface area contributed by atoms with Gasteiger partial charge in [0, 0.05) is 6.42 Å². The van der Waals surface area contributed by atoms with Crippen molar-refractivity contribution in [3.8, 4) is 0 Å². The van der Waals surface area contributed by atoms with Gasteiger partial charge in [-0.1, -0.05) is 31.2 Å². The number of benzene rings is 1. The van der Waals surface area contributed by atoms with Crippen LogP contribution in [0.2, 0.25) is 0 Å². The highest BCUT2D eigenvalue weighted by molar-refractivity contribution is 5.37. The molecule has 16 heavy (non-hydrogen) atoms. The summed E-state index contributed by atoms with van der Waals surface area (Å²) in [5.41, 5.74) is 2.21. The van der Waals surface area contributed by atoms with E-state index in [0.29, 0.717) is 6.42 Å². The second-order valence-corrected chi connectivity index (χ2v) is 3.30. The molecule has 0 saturated carbocycles. The summed E-state index contributed by atoms with van der Waals surface area (Å²) in [7, 11) is 0. The summed E-state index contributed by atoms with van der Waals surface area (Å²) in [5, 5.41) is 0. The molecule has 4 nitrogen and oxygen atoms in total. The van der Waals surface area contributed by atoms with Crippen molar-refractivity contribution in [1.29, 1.82) is 0 Å². The molecule has 0 aliphatic heterocycles. The summed E-state index contributed by atoms with van der Waals surface area (Å²) in [5.74, 6) is 0. The Morgan fingerprint density at radius 1 is 1.06 bits per heavy atom. The molecule has 0 amide bonds. The lowest BCUT2D eigenvalue weighted by atomic mass is 10.1. The second kappa shape index (κ2) is 6.46. The Hall–Kier alpha value is -2.02. The van der Waals surface area contributed by atoms with E-state index in [0.717, 1.165) is 12.0 Å². The Morgan fingerprint density at radius 2 is 1.56 bits per heavy atom. The maximum absolute atomic E-state index is 10.1. The molecule has 0 aliphatic carbocycles. The molecule has 0 heterocycles. The van der Waals surface area contributed by atoms with Crippen molar-refractivity contribution in [1.82, 2.24) is 0 Å². The highest BCUT2D eigenvalue weighted by Crippen LogP contribution is 2.09. The van der Waals surface area contributed by atoms with Crippen molar-refractivity contribution in [2.24, 2.45) is 9.98 Å². The molecular formula is C12H12N2O2. The molecule has 0 saturated heterocycles. The largest absolute Gasteiger partial charge is 0.237 e. The first-order chi connectivity index (χ1) is 7.80. The molecule has 0 aliphatic rings. The summed E-state index contributed by atoms with van der Waals surface area (Å²) in [4.78, 5) is 27.0. The van der Waals surface area contributed by atoms with Gasteiger partial charge in [-0.15, -0.1) is 0 Å². The van der Waals surface area contributed by atoms with Crippen LogP contribution in [0.25, 0.3) is 0 Å². The van der Waals surface area contributed by atoms with Crippen LogP contribution in [0.4, 0.5) is 0 Å². The van der Waals surface area contributed by atoms with Gasteiger partial charge >= 0.3 is 0 Å². The average molecular weight is 216 g/mol. The van der Waals surface area contributed by atoms with Crippen LogP contribution in [0.1, 0.15) is 18.1 Å². The summed E-state index contributed by atoms with van der Waals surface area (Å²) < 4.78 is 0. The highest BCUT2D eigenvalue weighted by Gasteiger charge is 2.05. The summed E-state index contributed by atoms with van der Waals surface area (Å²) in [6.45, 7) is 2.07. The van der Waals surface area contributed by atoms with Gasteiger partial charge in [0.25, 0.3) is 0 Å². The van der Waals surface area contributed by atoms with E-state index in [4.69, 9.17) is 0 Å². The molecule has 0 unspecified atom stereocenters. The lowest BCUT2D eigenvalue weighted by Gasteiger charge is -2.04. The topological polar surface area (TPSA) is 58.9 Å². The molecule has 0 spiro atoms. The molecule has 82 valence electrons. The van der Waals surface area contributed by atoms with Gasteiger partial charge in [0.1, 0.15) is 0 Å². The standard InChI is InChI=1S/C12H12N2O2/c1-2-10-3-5-11(6-4-10)7-12(13-8-15)14-9-16/h3-6,12H,2,7H2,1H3. The van der Waals surface area contributed by atoms with Crippen LogP contribution in [0.15, 0.2) is 34.3 Å². The number of rotatable bonds is 5. The van der Waals surface area contributed by atoms with Crippen molar-refractivity contribution in [3.05, 3.63) is 35.4 Å². The Kier molecular flexibility index (Phi) is 4.87. The Bertz CT molecular complexity index is 409. The summed E-state index contributed by atoms with van der Waals surface area (Å²) in [6, 6.07) is 7.88. The average Bonchev–Trinajstić information content (AvgIpc) is 2.31. The van der Waals surface area contributed by atoms with Crippen molar-refractivity contribution in [2.45, 2.75) is 25.9 Å². The molecule has 1 rings (SSSR count). The van der Waals surface area contributed by atoms with Crippen molar-refractivity contribution < 1.29 is 9.59 Å². The van der Waals surface area contributed by atoms with Crippen LogP contribution < -0.4 is 0 Å². The van der Waals surface area contributed by atoms with Gasteiger partial charge in [-0.05, 0) is 17.5 Å². The van der Waals surface area contributed by atoms with E-state index in [2.05, 4.69) is 16.9 Å². The molecule has 0 fully saturated rings. The summed E-state index contributed by atoms with van der Waals surface area (Å²) >= 11 is 0. The van der Waals surface area contributed by atoms with Crippen molar-refractivity contribution in [3.63, 3.8) is 0 Å². The van der Waals surface area contributed by atoms with E-state index in [1.54, 1.807) is 0 Å². The molecule has 0 bridgehead atoms. The van der Waals surface area contributed by atoms with Gasteiger partial charge in [0.15, 0.2) is 6.17 Å². The third-order valence-corrected chi connectivity index (χ3v) is 2.25. The minimum atomic E-state index is -0.706. The number of hydrogen-bond donors (Lipinski definition) is 0. The first-order valence-corrected chi connectivity index (χ1v) is 5.02. The molecule has 0 aromatic heterocycles. The third-order valence-electron chi connectivity index (χ3n) is 2.25. The van der Waals surface area contributed by atoms with Gasteiger partial charge in [0.2, 0.25) is 12.2 Å². The molecule has 0 atom stereocenters. The zero-order chi connectivity index (χ0) is 11.8. The van der Waals surface area contributed by atoms with E-state index in [1.807, 2.05) is 24.3 Å². The third kappa shape index (κ3) is 3.62. The molecule has 1 aromatic rings. The molecule has 0 radical (unpaired) electrons. The zero-order valence-corrected chi connectivity index (χ0v) is 9.01. The maximum atomic E-state index is 10.1. The lowest BCUT2D eigenvalue weighted by molar-refractivity contribution is 0.548. The van der Waals surface area contributed by atoms with Gasteiger partial charge in [-0.2, -0.15) is 9.98 Å². The maximum Gasteiger partial charge on any atom is 0.237 e. The van der Waals surface area contributed by atoms with Crippen LogP contribution in [-0.2, 0) is 22.4 Å². The number of nitrogens with zero attached hydrogens (tertiary/aromatic N) is 2. The summed E-state index contributed by atoms with van der Waals surface area (Å²) in [6.07, 6.45) is 3.48. The predicted molar refractivity (Wildman–Crippen MR) is 59.6 cm³/mol. The van der Waals surface area contributed by atoms with Crippen molar-refractivity contribution >= 4 is 12.2 Å². The molecule has 1 aromatic carbocycles. The van der Waals surface area contributed by atoms with Gasteiger partial charge < -0.3 is 0 Å². The monoisotopic (exact) mass is 216 g/mol. The van der Waals surface area contributed by atoms with E-state index < -0.39 is 6.17 Å². The van der Waals surface area contributed by atoms with Gasteiger partial charge in [0.05, 0.1) is 0 Å². The zero-order valence-electron chi connectivity index (χ0n) is 9.01. The fraction of sp³-hybridized carbons (Fsp3) is 0.333. The minimum absolute atomic E-state index is 0.411. The number of isocyanates is 2. The fourth-order valence-electron chi connectivity index (χ4n) is 1.36. The highest BCUT2D eigenvalue weighted by atomic mass is 16.1. The van der Waals surface area contributed by atoms with Crippen LogP contribution in [0.5, 0.6) is 0 Å². The molecule has 4 heteroatoms. The first kappa shape index (κ1) is 12.1. The predicted octanol–water partition coefficient (Wildman–Crippen LogP) is 1.79. The van der Waals surface area contributed by atoms with E-state index >= 15 is 0 Å². The van der Waals surface area contributed by atoms with E-state index in [9.17, 15) is 9.59 Å². The quantitative estimate of drug-likeness (QED) is 0.556. The number of aliphatic imine (C=N–C) groups is 2. The lowest BCUT2D eigenvalue weighted by Crippen LogP contribution is -2.04. The smallest absolute Gasteiger partial charge is 0.211 e. The SMILES string of the molecule is CCc1ccc(CC(N=C=O)N=C=O)cc1. The van der Waals surface area contributed by atoms with Crippen LogP contribution in [-0.4, -0.2) is 18.3 Å².